The molecule has 0 spiro atoms. The lowest BCUT2D eigenvalue weighted by Gasteiger charge is -2.09. The van der Waals surface area contributed by atoms with Crippen LogP contribution in [0.2, 0.25) is 0 Å². The highest BCUT2D eigenvalue weighted by Gasteiger charge is 2.17. The van der Waals surface area contributed by atoms with Gasteiger partial charge in [-0.05, 0) is 30.7 Å². The molecule has 22 heavy (non-hydrogen) atoms. The van der Waals surface area contributed by atoms with Crippen molar-refractivity contribution in [2.24, 2.45) is 0 Å². The molecule has 106 valence electrons. The Bertz CT molecular complexity index is 1000. The minimum Gasteiger partial charge on any atom is -0.313 e. The number of hydrogen-bond donors (Lipinski definition) is 0. The molecule has 0 bridgehead atoms. The fraction of sp³-hybridized carbons (Fsp3) is 0.0526. The molecule has 0 saturated carbocycles. The zero-order valence-electron chi connectivity index (χ0n) is 12.2. The summed E-state index contributed by atoms with van der Waals surface area (Å²) in [5.41, 5.74) is 5.02. The lowest BCUT2D eigenvalue weighted by Crippen LogP contribution is -2.07. The van der Waals surface area contributed by atoms with Gasteiger partial charge in [-0.25, -0.2) is 4.98 Å². The second kappa shape index (κ2) is 4.81. The second-order valence-electron chi connectivity index (χ2n) is 5.36. The van der Waals surface area contributed by atoms with Gasteiger partial charge >= 0.3 is 0 Å². The summed E-state index contributed by atoms with van der Waals surface area (Å²) in [7, 11) is 0. The molecule has 0 atom stereocenters. The number of carbonyl (C=O) groups excluding carboxylic acids is 1. The predicted octanol–water partition coefficient (Wildman–Crippen LogP) is 4.03. The highest BCUT2D eigenvalue weighted by molar-refractivity contribution is 6.12. The van der Waals surface area contributed by atoms with Crippen molar-refractivity contribution in [3.8, 4) is 0 Å². The zero-order chi connectivity index (χ0) is 15.1. The minimum atomic E-state index is -0.0484. The standard InChI is InChI=1S/C19H14N2O/c1-13-7-5-10-15-18(13)21-12-6-11-16(21)17(20-15)19(22)14-8-3-2-4-9-14/h2-12H,1H3. The van der Waals surface area contributed by atoms with Crippen LogP contribution in [-0.2, 0) is 0 Å². The van der Waals surface area contributed by atoms with Gasteiger partial charge in [0.1, 0.15) is 5.69 Å². The van der Waals surface area contributed by atoms with Crippen molar-refractivity contribution in [1.82, 2.24) is 9.38 Å². The first-order valence-corrected chi connectivity index (χ1v) is 7.22. The van der Waals surface area contributed by atoms with Gasteiger partial charge < -0.3 is 4.40 Å². The van der Waals surface area contributed by atoms with Crippen molar-refractivity contribution in [1.29, 1.82) is 0 Å². The van der Waals surface area contributed by atoms with Gasteiger partial charge in [0.25, 0.3) is 0 Å². The van der Waals surface area contributed by atoms with E-state index in [1.807, 2.05) is 65.2 Å². The number of hydrogen-bond acceptors (Lipinski definition) is 2. The molecule has 0 aliphatic carbocycles. The number of para-hydroxylation sites is 1. The highest BCUT2D eigenvalue weighted by atomic mass is 16.1. The fourth-order valence-corrected chi connectivity index (χ4v) is 2.89. The Morgan fingerprint density at radius 1 is 0.955 bits per heavy atom. The predicted molar refractivity (Wildman–Crippen MR) is 87.3 cm³/mol. The summed E-state index contributed by atoms with van der Waals surface area (Å²) in [6, 6.07) is 19.2. The van der Waals surface area contributed by atoms with Gasteiger partial charge in [0.2, 0.25) is 5.78 Å². The molecule has 0 aliphatic rings. The van der Waals surface area contributed by atoms with E-state index in [0.29, 0.717) is 11.3 Å². The summed E-state index contributed by atoms with van der Waals surface area (Å²) in [6.45, 7) is 2.06. The monoisotopic (exact) mass is 286 g/mol. The number of fused-ring (bicyclic) bond motifs is 3. The van der Waals surface area contributed by atoms with Gasteiger partial charge in [-0.1, -0.05) is 42.5 Å². The number of nitrogens with zero attached hydrogens (tertiary/aromatic N) is 2. The summed E-state index contributed by atoms with van der Waals surface area (Å²) in [5.74, 6) is -0.0484. The molecule has 4 rings (SSSR count). The maximum absolute atomic E-state index is 12.8. The molecule has 2 aromatic heterocycles. The SMILES string of the molecule is Cc1cccc2nc(C(=O)c3ccccc3)c3cccn3c12. The van der Waals surface area contributed by atoms with Gasteiger partial charge in [0.05, 0.1) is 16.6 Å². The van der Waals surface area contributed by atoms with Crippen LogP contribution in [0.1, 0.15) is 21.6 Å². The van der Waals surface area contributed by atoms with E-state index in [1.54, 1.807) is 0 Å². The van der Waals surface area contributed by atoms with E-state index in [9.17, 15) is 4.79 Å². The van der Waals surface area contributed by atoms with Crippen LogP contribution in [0.5, 0.6) is 0 Å². The maximum Gasteiger partial charge on any atom is 0.213 e. The highest BCUT2D eigenvalue weighted by Crippen LogP contribution is 2.23. The number of rotatable bonds is 2. The molecule has 2 heterocycles. The third-order valence-corrected chi connectivity index (χ3v) is 3.93. The summed E-state index contributed by atoms with van der Waals surface area (Å²) >= 11 is 0. The first-order chi connectivity index (χ1) is 10.8. The summed E-state index contributed by atoms with van der Waals surface area (Å²) in [6.07, 6.45) is 1.98. The summed E-state index contributed by atoms with van der Waals surface area (Å²) in [5, 5.41) is 0. The van der Waals surface area contributed by atoms with Crippen molar-refractivity contribution in [2.45, 2.75) is 6.92 Å². The quantitative estimate of drug-likeness (QED) is 0.521. The third kappa shape index (κ3) is 1.83. The smallest absolute Gasteiger partial charge is 0.213 e. The van der Waals surface area contributed by atoms with E-state index in [-0.39, 0.29) is 5.78 Å². The number of ketones is 1. The molecule has 3 heteroatoms. The van der Waals surface area contributed by atoms with Crippen LogP contribution in [0.3, 0.4) is 0 Å². The van der Waals surface area contributed by atoms with E-state index in [1.165, 1.54) is 0 Å². The van der Waals surface area contributed by atoms with Gasteiger partial charge in [0.15, 0.2) is 0 Å². The second-order valence-corrected chi connectivity index (χ2v) is 5.36. The fourth-order valence-electron chi connectivity index (χ4n) is 2.89. The van der Waals surface area contributed by atoms with E-state index in [2.05, 4.69) is 18.0 Å². The van der Waals surface area contributed by atoms with E-state index in [4.69, 9.17) is 0 Å². The largest absolute Gasteiger partial charge is 0.313 e. The van der Waals surface area contributed by atoms with E-state index < -0.39 is 0 Å². The number of carbonyl (C=O) groups is 1. The van der Waals surface area contributed by atoms with Gasteiger partial charge in [-0.3, -0.25) is 4.79 Å². The zero-order valence-corrected chi connectivity index (χ0v) is 12.2. The molecule has 4 aromatic rings. The third-order valence-electron chi connectivity index (χ3n) is 3.93. The molecule has 0 N–H and O–H groups in total. The number of aromatic nitrogens is 2. The van der Waals surface area contributed by atoms with E-state index in [0.717, 1.165) is 22.1 Å². The molecule has 0 fully saturated rings. The van der Waals surface area contributed by atoms with Gasteiger partial charge in [-0.15, -0.1) is 0 Å². The van der Waals surface area contributed by atoms with Crippen molar-refractivity contribution in [2.75, 3.05) is 0 Å². The topological polar surface area (TPSA) is 34.4 Å². The Hall–Kier alpha value is -2.94. The Morgan fingerprint density at radius 2 is 1.77 bits per heavy atom. The van der Waals surface area contributed by atoms with Crippen LogP contribution in [-0.4, -0.2) is 15.2 Å². The molecular formula is C19H14N2O. The normalized spacial score (nSPS) is 11.1. The van der Waals surface area contributed by atoms with Crippen LogP contribution < -0.4 is 0 Å². The Balaban J connectivity index is 2.05. The van der Waals surface area contributed by atoms with Crippen molar-refractivity contribution in [3.05, 3.63) is 83.7 Å². The van der Waals surface area contributed by atoms with Crippen molar-refractivity contribution < 1.29 is 4.79 Å². The maximum atomic E-state index is 12.8. The van der Waals surface area contributed by atoms with Crippen LogP contribution >= 0.6 is 0 Å². The average molecular weight is 286 g/mol. The molecule has 0 amide bonds. The minimum absolute atomic E-state index is 0.0484. The van der Waals surface area contributed by atoms with Crippen molar-refractivity contribution in [3.63, 3.8) is 0 Å². The van der Waals surface area contributed by atoms with Crippen LogP contribution in [0.15, 0.2) is 66.9 Å². The average Bonchev–Trinajstić information content (AvgIpc) is 3.04. The molecule has 0 aliphatic heterocycles. The van der Waals surface area contributed by atoms with Crippen molar-refractivity contribution >= 4 is 22.3 Å². The van der Waals surface area contributed by atoms with Gasteiger partial charge in [-0.2, -0.15) is 0 Å². The van der Waals surface area contributed by atoms with E-state index >= 15 is 0 Å². The molecule has 0 radical (unpaired) electrons. The molecular weight excluding hydrogens is 272 g/mol. The van der Waals surface area contributed by atoms with Gasteiger partial charge in [0, 0.05) is 11.8 Å². The Labute approximate surface area is 127 Å². The Kier molecular flexibility index (Phi) is 2.79. The number of benzene rings is 2. The first-order valence-electron chi connectivity index (χ1n) is 7.22. The summed E-state index contributed by atoms with van der Waals surface area (Å²) in [4.78, 5) is 17.5. The molecule has 0 saturated heterocycles. The first kappa shape index (κ1) is 12.8. The lowest BCUT2D eigenvalue weighted by atomic mass is 10.1. The summed E-state index contributed by atoms with van der Waals surface area (Å²) < 4.78 is 2.05. The molecule has 2 aromatic carbocycles. The lowest BCUT2D eigenvalue weighted by molar-refractivity contribution is 0.103. The number of aryl methyl sites for hydroxylation is 1. The van der Waals surface area contributed by atoms with Crippen LogP contribution in [0, 0.1) is 6.92 Å². The van der Waals surface area contributed by atoms with Crippen LogP contribution in [0.25, 0.3) is 16.6 Å². The molecule has 3 nitrogen and oxygen atoms in total. The Morgan fingerprint density at radius 3 is 2.59 bits per heavy atom. The van der Waals surface area contributed by atoms with Crippen LogP contribution in [0.4, 0.5) is 0 Å². The molecule has 0 unspecified atom stereocenters.